The van der Waals surface area contributed by atoms with Gasteiger partial charge < -0.3 is 5.32 Å². The molecule has 1 saturated heterocycles. The van der Waals surface area contributed by atoms with E-state index < -0.39 is 0 Å². The zero-order valence-corrected chi connectivity index (χ0v) is 4.81. The standard InChI is InChI=1S/C6H11N/c1-3-4(2)6-5(3)7-6/h3-7H,1-2H3. The van der Waals surface area contributed by atoms with Gasteiger partial charge in [-0.2, -0.15) is 0 Å². The first kappa shape index (κ1) is 3.90. The minimum Gasteiger partial charge on any atom is -0.308 e. The molecular weight excluding hydrogens is 86.1 g/mol. The molecule has 1 heterocycles. The van der Waals surface area contributed by atoms with Crippen molar-refractivity contribution in [3.63, 3.8) is 0 Å². The molecule has 1 N–H and O–H groups in total. The summed E-state index contributed by atoms with van der Waals surface area (Å²) in [6.07, 6.45) is 0. The molecule has 0 aromatic heterocycles. The van der Waals surface area contributed by atoms with E-state index in [0.717, 1.165) is 23.9 Å². The van der Waals surface area contributed by atoms with Crippen molar-refractivity contribution < 1.29 is 0 Å². The third kappa shape index (κ3) is 0.290. The fraction of sp³-hybridized carbons (Fsp3) is 1.00. The predicted molar refractivity (Wildman–Crippen MR) is 29.0 cm³/mol. The molecule has 0 spiro atoms. The van der Waals surface area contributed by atoms with E-state index in [1.165, 1.54) is 0 Å². The maximum atomic E-state index is 3.41. The Kier molecular flexibility index (Phi) is 0.487. The minimum atomic E-state index is 0.926. The first-order chi connectivity index (χ1) is 3.30. The average molecular weight is 97.2 g/mol. The summed E-state index contributed by atoms with van der Waals surface area (Å²) in [4.78, 5) is 0. The van der Waals surface area contributed by atoms with Crippen LogP contribution in [0.3, 0.4) is 0 Å². The van der Waals surface area contributed by atoms with Gasteiger partial charge >= 0.3 is 0 Å². The lowest BCUT2D eigenvalue weighted by atomic mass is 9.77. The molecule has 1 heteroatoms. The quantitative estimate of drug-likeness (QED) is 0.439. The highest BCUT2D eigenvalue weighted by molar-refractivity contribution is 5.15. The molecule has 40 valence electrons. The monoisotopic (exact) mass is 97.1 g/mol. The van der Waals surface area contributed by atoms with Gasteiger partial charge in [-0.25, -0.2) is 0 Å². The van der Waals surface area contributed by atoms with Gasteiger partial charge in [-0.05, 0) is 11.8 Å². The summed E-state index contributed by atoms with van der Waals surface area (Å²) in [6.45, 7) is 4.65. The Balaban J connectivity index is 2.09. The summed E-state index contributed by atoms with van der Waals surface area (Å²) in [5, 5.41) is 3.41. The van der Waals surface area contributed by atoms with E-state index in [9.17, 15) is 0 Å². The lowest BCUT2D eigenvalue weighted by molar-refractivity contribution is 0.290. The lowest BCUT2D eigenvalue weighted by Crippen LogP contribution is -2.31. The van der Waals surface area contributed by atoms with E-state index in [0.29, 0.717) is 0 Å². The van der Waals surface area contributed by atoms with Crippen molar-refractivity contribution in [3.8, 4) is 0 Å². The molecule has 1 saturated carbocycles. The first-order valence-electron chi connectivity index (χ1n) is 3.07. The Labute approximate surface area is 44.1 Å². The third-order valence-electron chi connectivity index (χ3n) is 2.62. The molecule has 0 aromatic rings. The Morgan fingerprint density at radius 3 is 1.57 bits per heavy atom. The van der Waals surface area contributed by atoms with Crippen LogP contribution >= 0.6 is 0 Å². The van der Waals surface area contributed by atoms with Crippen LogP contribution in [-0.2, 0) is 0 Å². The maximum absolute atomic E-state index is 3.41. The van der Waals surface area contributed by atoms with Gasteiger partial charge in [0.05, 0.1) is 0 Å². The normalized spacial score (nSPS) is 66.0. The van der Waals surface area contributed by atoms with Gasteiger partial charge in [0.15, 0.2) is 0 Å². The van der Waals surface area contributed by atoms with Gasteiger partial charge in [-0.1, -0.05) is 13.8 Å². The zero-order valence-electron chi connectivity index (χ0n) is 4.81. The molecular formula is C6H11N. The zero-order chi connectivity index (χ0) is 5.02. The fourth-order valence-corrected chi connectivity index (χ4v) is 1.63. The van der Waals surface area contributed by atoms with Crippen molar-refractivity contribution in [1.29, 1.82) is 0 Å². The van der Waals surface area contributed by atoms with Crippen molar-refractivity contribution in [3.05, 3.63) is 0 Å². The van der Waals surface area contributed by atoms with E-state index in [-0.39, 0.29) is 0 Å². The molecule has 2 fully saturated rings. The van der Waals surface area contributed by atoms with Crippen LogP contribution in [0.15, 0.2) is 0 Å². The highest BCUT2D eigenvalue weighted by atomic mass is 15.2. The first-order valence-corrected chi connectivity index (χ1v) is 3.07. The average Bonchev–Trinajstić information content (AvgIpc) is 2.39. The van der Waals surface area contributed by atoms with Crippen molar-refractivity contribution in [1.82, 2.24) is 5.32 Å². The number of hydrogen-bond donors (Lipinski definition) is 1. The van der Waals surface area contributed by atoms with Crippen LogP contribution in [0.2, 0.25) is 0 Å². The van der Waals surface area contributed by atoms with E-state index in [1.807, 2.05) is 0 Å². The molecule has 4 atom stereocenters. The summed E-state index contributed by atoms with van der Waals surface area (Å²) in [5.74, 6) is 1.93. The van der Waals surface area contributed by atoms with E-state index in [4.69, 9.17) is 0 Å². The van der Waals surface area contributed by atoms with Crippen LogP contribution in [0, 0.1) is 11.8 Å². The van der Waals surface area contributed by atoms with E-state index in [1.54, 1.807) is 0 Å². The van der Waals surface area contributed by atoms with Crippen LogP contribution in [0.25, 0.3) is 0 Å². The van der Waals surface area contributed by atoms with Crippen molar-refractivity contribution in [2.24, 2.45) is 11.8 Å². The topological polar surface area (TPSA) is 21.9 Å². The Morgan fingerprint density at radius 2 is 1.43 bits per heavy atom. The largest absolute Gasteiger partial charge is 0.308 e. The smallest absolute Gasteiger partial charge is 0.0256 e. The summed E-state index contributed by atoms with van der Waals surface area (Å²) >= 11 is 0. The van der Waals surface area contributed by atoms with E-state index >= 15 is 0 Å². The van der Waals surface area contributed by atoms with Crippen LogP contribution < -0.4 is 5.32 Å². The minimum absolute atomic E-state index is 0.926. The highest BCUT2D eigenvalue weighted by Crippen LogP contribution is 2.44. The molecule has 0 amide bonds. The third-order valence-corrected chi connectivity index (χ3v) is 2.62. The number of rotatable bonds is 0. The fourth-order valence-electron chi connectivity index (χ4n) is 1.63. The molecule has 4 unspecified atom stereocenters. The molecule has 2 aliphatic rings. The van der Waals surface area contributed by atoms with Gasteiger partial charge in [0.25, 0.3) is 0 Å². The summed E-state index contributed by atoms with van der Waals surface area (Å²) in [7, 11) is 0. The molecule has 0 bridgehead atoms. The molecule has 2 rings (SSSR count). The second kappa shape index (κ2) is 0.873. The molecule has 0 radical (unpaired) electrons. The Bertz CT molecular complexity index is 88.4. The molecule has 1 nitrogen and oxygen atoms in total. The van der Waals surface area contributed by atoms with Crippen molar-refractivity contribution >= 4 is 0 Å². The lowest BCUT2D eigenvalue weighted by Gasteiger charge is -2.26. The summed E-state index contributed by atoms with van der Waals surface area (Å²) < 4.78 is 0. The van der Waals surface area contributed by atoms with Gasteiger partial charge in [-0.15, -0.1) is 0 Å². The van der Waals surface area contributed by atoms with Crippen LogP contribution in [-0.4, -0.2) is 12.1 Å². The van der Waals surface area contributed by atoms with Crippen LogP contribution in [0.1, 0.15) is 13.8 Å². The SMILES string of the molecule is CC1C(C)C2NC12. The van der Waals surface area contributed by atoms with Crippen LogP contribution in [0.5, 0.6) is 0 Å². The molecule has 1 aliphatic carbocycles. The number of fused-ring (bicyclic) bond motifs is 1. The Hall–Kier alpha value is -0.0400. The molecule has 0 aromatic carbocycles. The van der Waals surface area contributed by atoms with Gasteiger partial charge in [0.1, 0.15) is 0 Å². The van der Waals surface area contributed by atoms with Crippen LogP contribution in [0.4, 0.5) is 0 Å². The van der Waals surface area contributed by atoms with E-state index in [2.05, 4.69) is 19.2 Å². The van der Waals surface area contributed by atoms with Gasteiger partial charge in [-0.3, -0.25) is 0 Å². The maximum Gasteiger partial charge on any atom is 0.0256 e. The Morgan fingerprint density at radius 1 is 1.00 bits per heavy atom. The number of hydrogen-bond acceptors (Lipinski definition) is 1. The summed E-state index contributed by atoms with van der Waals surface area (Å²) in [5.41, 5.74) is 0. The predicted octanol–water partition coefficient (Wildman–Crippen LogP) is 0.613. The molecule has 1 aliphatic heterocycles. The van der Waals surface area contributed by atoms with Gasteiger partial charge in [0.2, 0.25) is 0 Å². The molecule has 7 heavy (non-hydrogen) atoms. The number of nitrogens with one attached hydrogen (secondary N) is 1. The second-order valence-electron chi connectivity index (χ2n) is 2.94. The van der Waals surface area contributed by atoms with Gasteiger partial charge in [0, 0.05) is 12.1 Å². The summed E-state index contributed by atoms with van der Waals surface area (Å²) in [6, 6.07) is 1.85. The second-order valence-corrected chi connectivity index (χ2v) is 2.94. The highest BCUT2D eigenvalue weighted by Gasteiger charge is 2.56. The van der Waals surface area contributed by atoms with Crippen molar-refractivity contribution in [2.45, 2.75) is 25.9 Å². The van der Waals surface area contributed by atoms with Crippen molar-refractivity contribution in [2.75, 3.05) is 0 Å².